The van der Waals surface area contributed by atoms with E-state index in [1.807, 2.05) is 0 Å². The van der Waals surface area contributed by atoms with E-state index in [9.17, 15) is 13.2 Å². The van der Waals surface area contributed by atoms with Crippen LogP contribution in [0.5, 0.6) is 0 Å². The van der Waals surface area contributed by atoms with Gasteiger partial charge in [-0.2, -0.15) is 0 Å². The van der Waals surface area contributed by atoms with Crippen LogP contribution in [0.4, 0.5) is 4.79 Å². The molecule has 1 N–H and O–H groups in total. The number of hydrogen-bond donors (Lipinski definition) is 1. The molecule has 2 atom stereocenters. The average Bonchev–Trinajstić information content (AvgIpc) is 2.47. The topological polar surface area (TPSA) is 75.7 Å². The molecule has 0 aliphatic carbocycles. The van der Waals surface area contributed by atoms with Gasteiger partial charge in [0.05, 0.1) is 17.5 Å². The van der Waals surface area contributed by atoms with Crippen LogP contribution in [0.25, 0.3) is 0 Å². The maximum atomic E-state index is 12.0. The van der Waals surface area contributed by atoms with Crippen molar-refractivity contribution in [2.45, 2.75) is 38.5 Å². The molecule has 0 spiro atoms. The first-order chi connectivity index (χ1) is 8.18. The summed E-state index contributed by atoms with van der Waals surface area (Å²) in [4.78, 5) is 13.6. The zero-order valence-electron chi connectivity index (χ0n) is 11.0. The second-order valence-electron chi connectivity index (χ2n) is 5.88. The lowest BCUT2D eigenvalue weighted by atomic mass is 10.1. The predicted octanol–water partition coefficient (Wildman–Crippen LogP) is -0.00770. The number of carbonyl (C=O) groups is 1. The molecule has 2 rings (SSSR count). The fourth-order valence-electron chi connectivity index (χ4n) is 2.41. The van der Waals surface area contributed by atoms with E-state index in [1.54, 1.807) is 25.7 Å². The van der Waals surface area contributed by atoms with Crippen LogP contribution in [0.1, 0.15) is 20.8 Å². The van der Waals surface area contributed by atoms with Gasteiger partial charge in [-0.05, 0) is 20.8 Å². The van der Waals surface area contributed by atoms with Gasteiger partial charge in [0, 0.05) is 19.1 Å². The van der Waals surface area contributed by atoms with Crippen molar-refractivity contribution in [3.8, 4) is 0 Å². The number of sulfone groups is 1. The Morgan fingerprint density at radius 2 is 2.00 bits per heavy atom. The number of nitrogens with zero attached hydrogens (tertiary/aromatic N) is 1. The van der Waals surface area contributed by atoms with Crippen LogP contribution in [-0.4, -0.2) is 61.7 Å². The van der Waals surface area contributed by atoms with Gasteiger partial charge in [-0.25, -0.2) is 13.2 Å². The number of ether oxygens (including phenoxy) is 1. The molecule has 1 amide bonds. The molecule has 7 heteroatoms. The second kappa shape index (κ2) is 4.38. The van der Waals surface area contributed by atoms with Crippen LogP contribution in [0.15, 0.2) is 0 Å². The lowest BCUT2D eigenvalue weighted by Gasteiger charge is -2.38. The minimum atomic E-state index is -3.05. The van der Waals surface area contributed by atoms with Crippen molar-refractivity contribution in [2.24, 2.45) is 0 Å². The van der Waals surface area contributed by atoms with E-state index in [2.05, 4.69) is 5.32 Å². The summed E-state index contributed by atoms with van der Waals surface area (Å²) in [6.07, 6.45) is -0.420. The zero-order chi connectivity index (χ0) is 13.6. The first-order valence-electron chi connectivity index (χ1n) is 6.11. The van der Waals surface area contributed by atoms with Crippen LogP contribution < -0.4 is 5.32 Å². The van der Waals surface area contributed by atoms with Crippen molar-refractivity contribution < 1.29 is 17.9 Å². The molecule has 0 aromatic heterocycles. The van der Waals surface area contributed by atoms with Crippen molar-refractivity contribution in [3.63, 3.8) is 0 Å². The lowest BCUT2D eigenvalue weighted by Crippen LogP contribution is -2.59. The number of hydrogen-bond acceptors (Lipinski definition) is 5. The molecular formula is C11H20N2O4S. The van der Waals surface area contributed by atoms with Gasteiger partial charge in [-0.1, -0.05) is 0 Å². The molecule has 6 nitrogen and oxygen atoms in total. The monoisotopic (exact) mass is 276 g/mol. The molecular weight excluding hydrogens is 256 g/mol. The Kier molecular flexibility index (Phi) is 3.31. The Labute approximate surface area is 108 Å². The fourth-order valence-corrected chi connectivity index (χ4v) is 4.37. The molecule has 0 aromatic rings. The normalized spacial score (nSPS) is 30.9. The van der Waals surface area contributed by atoms with Gasteiger partial charge in [0.1, 0.15) is 5.60 Å². The van der Waals surface area contributed by atoms with Crippen LogP contribution in [0.2, 0.25) is 0 Å². The Balaban J connectivity index is 2.11. The lowest BCUT2D eigenvalue weighted by molar-refractivity contribution is 0.0110. The van der Waals surface area contributed by atoms with E-state index in [1.165, 1.54) is 0 Å². The summed E-state index contributed by atoms with van der Waals surface area (Å²) < 4.78 is 28.6. The van der Waals surface area contributed by atoms with Gasteiger partial charge in [0.2, 0.25) is 0 Å². The highest BCUT2D eigenvalue weighted by atomic mass is 32.2. The number of piperazine rings is 1. The van der Waals surface area contributed by atoms with Crippen LogP contribution >= 0.6 is 0 Å². The quantitative estimate of drug-likeness (QED) is 0.673. The molecule has 0 unspecified atom stereocenters. The molecule has 2 aliphatic rings. The van der Waals surface area contributed by atoms with Crippen molar-refractivity contribution in [2.75, 3.05) is 24.6 Å². The molecule has 0 radical (unpaired) electrons. The Morgan fingerprint density at radius 3 is 2.61 bits per heavy atom. The summed E-state index contributed by atoms with van der Waals surface area (Å²) in [5.74, 6) is 0.140. The summed E-state index contributed by atoms with van der Waals surface area (Å²) >= 11 is 0. The predicted molar refractivity (Wildman–Crippen MR) is 67.2 cm³/mol. The largest absolute Gasteiger partial charge is 0.444 e. The molecule has 18 heavy (non-hydrogen) atoms. The Bertz CT molecular complexity index is 440. The molecule has 2 aliphatic heterocycles. The smallest absolute Gasteiger partial charge is 0.410 e. The molecule has 2 heterocycles. The van der Waals surface area contributed by atoms with Gasteiger partial charge in [-0.15, -0.1) is 0 Å². The minimum absolute atomic E-state index is 0.0317. The van der Waals surface area contributed by atoms with E-state index >= 15 is 0 Å². The highest BCUT2D eigenvalue weighted by Crippen LogP contribution is 2.23. The standard InChI is InChI=1S/C11H20N2O4S/c1-11(2,3)17-10(14)13-5-4-12-8-6-18(15,16)7-9(8)13/h8-9,12H,4-7H2,1-3H3/t8-,9-/m0/s1. The third kappa shape index (κ3) is 2.95. The third-order valence-electron chi connectivity index (χ3n) is 3.11. The molecule has 2 fully saturated rings. The minimum Gasteiger partial charge on any atom is -0.444 e. The first-order valence-corrected chi connectivity index (χ1v) is 7.93. The molecule has 0 saturated carbocycles. The highest BCUT2D eigenvalue weighted by molar-refractivity contribution is 7.91. The van der Waals surface area contributed by atoms with E-state index in [0.29, 0.717) is 13.1 Å². The van der Waals surface area contributed by atoms with E-state index in [4.69, 9.17) is 4.74 Å². The third-order valence-corrected chi connectivity index (χ3v) is 4.83. The van der Waals surface area contributed by atoms with E-state index in [0.717, 1.165) is 0 Å². The summed E-state index contributed by atoms with van der Waals surface area (Å²) in [6, 6.07) is -0.449. The van der Waals surface area contributed by atoms with Gasteiger partial charge >= 0.3 is 6.09 Å². The SMILES string of the molecule is CC(C)(C)OC(=O)N1CCN[C@H]2CS(=O)(=O)C[C@@H]21. The molecule has 2 saturated heterocycles. The number of rotatable bonds is 0. The fraction of sp³-hybridized carbons (Fsp3) is 0.909. The maximum absolute atomic E-state index is 12.0. The molecule has 0 aromatic carbocycles. The molecule has 104 valence electrons. The van der Waals surface area contributed by atoms with Crippen molar-refractivity contribution in [3.05, 3.63) is 0 Å². The van der Waals surface area contributed by atoms with Crippen molar-refractivity contribution in [1.29, 1.82) is 0 Å². The number of carbonyl (C=O) groups excluding carboxylic acids is 1. The number of nitrogens with one attached hydrogen (secondary N) is 1. The molecule has 0 bridgehead atoms. The van der Waals surface area contributed by atoms with Crippen LogP contribution in [-0.2, 0) is 14.6 Å². The maximum Gasteiger partial charge on any atom is 0.410 e. The zero-order valence-corrected chi connectivity index (χ0v) is 11.8. The van der Waals surface area contributed by atoms with Crippen molar-refractivity contribution >= 4 is 15.9 Å². The van der Waals surface area contributed by atoms with Gasteiger partial charge in [0.25, 0.3) is 0 Å². The van der Waals surface area contributed by atoms with Crippen molar-refractivity contribution in [1.82, 2.24) is 10.2 Å². The van der Waals surface area contributed by atoms with Gasteiger partial charge < -0.3 is 15.0 Å². The second-order valence-corrected chi connectivity index (χ2v) is 8.03. The number of fused-ring (bicyclic) bond motifs is 1. The Hall–Kier alpha value is -0.820. The van der Waals surface area contributed by atoms with E-state index in [-0.39, 0.29) is 23.6 Å². The van der Waals surface area contributed by atoms with Gasteiger partial charge in [0.15, 0.2) is 9.84 Å². The summed E-state index contributed by atoms with van der Waals surface area (Å²) in [5, 5.41) is 3.16. The van der Waals surface area contributed by atoms with Gasteiger partial charge in [-0.3, -0.25) is 0 Å². The number of amides is 1. The highest BCUT2D eigenvalue weighted by Gasteiger charge is 2.45. The summed E-state index contributed by atoms with van der Waals surface area (Å²) in [5.41, 5.74) is -0.561. The average molecular weight is 276 g/mol. The summed E-state index contributed by atoms with van der Waals surface area (Å²) in [6.45, 7) is 6.50. The van der Waals surface area contributed by atoms with Crippen LogP contribution in [0, 0.1) is 0 Å². The summed E-state index contributed by atoms with van der Waals surface area (Å²) in [7, 11) is -3.05. The van der Waals surface area contributed by atoms with E-state index < -0.39 is 21.5 Å². The van der Waals surface area contributed by atoms with Crippen LogP contribution in [0.3, 0.4) is 0 Å². The Morgan fingerprint density at radius 1 is 1.33 bits per heavy atom. The first kappa shape index (κ1) is 13.6.